The Morgan fingerprint density at radius 1 is 1.11 bits per heavy atom. The van der Waals surface area contributed by atoms with Gasteiger partial charge < -0.3 is 10.5 Å². The van der Waals surface area contributed by atoms with E-state index in [4.69, 9.17) is 22.1 Å². The molecule has 0 aliphatic heterocycles. The average molecular weight is 270 g/mol. The molecule has 5 heteroatoms. The van der Waals surface area contributed by atoms with Crippen LogP contribution in [-0.4, -0.2) is 0 Å². The van der Waals surface area contributed by atoms with E-state index in [1.165, 1.54) is 24.3 Å². The van der Waals surface area contributed by atoms with Crippen molar-refractivity contribution in [3.63, 3.8) is 0 Å². The molecule has 2 aromatic carbocycles. The topological polar surface area (TPSA) is 35.2 Å². The molecule has 18 heavy (non-hydrogen) atoms. The van der Waals surface area contributed by atoms with Crippen LogP contribution in [0, 0.1) is 11.6 Å². The lowest BCUT2D eigenvalue weighted by atomic mass is 10.2. The molecule has 0 amide bonds. The summed E-state index contributed by atoms with van der Waals surface area (Å²) in [6, 6.07) is 8.68. The monoisotopic (exact) mass is 269 g/mol. The Bertz CT molecular complexity index is 555. The molecule has 0 aliphatic rings. The summed E-state index contributed by atoms with van der Waals surface area (Å²) >= 11 is 5.60. The summed E-state index contributed by atoms with van der Waals surface area (Å²) in [4.78, 5) is 0. The van der Waals surface area contributed by atoms with Gasteiger partial charge in [-0.2, -0.15) is 0 Å². The molecule has 0 radical (unpaired) electrons. The Hall–Kier alpha value is -1.81. The maximum absolute atomic E-state index is 13.5. The van der Waals surface area contributed by atoms with Crippen LogP contribution in [0.5, 0.6) is 5.75 Å². The zero-order chi connectivity index (χ0) is 13.1. The summed E-state index contributed by atoms with van der Waals surface area (Å²) in [5, 5.41) is -0.0472. The lowest BCUT2D eigenvalue weighted by molar-refractivity contribution is 0.285. The highest BCUT2D eigenvalue weighted by Gasteiger charge is 2.10. The van der Waals surface area contributed by atoms with Gasteiger partial charge >= 0.3 is 0 Å². The molecule has 2 N–H and O–H groups in total. The van der Waals surface area contributed by atoms with Crippen molar-refractivity contribution >= 4 is 17.3 Å². The standard InChI is InChI=1S/C13H10ClF2NO/c14-9-3-1-6-12(13(9)16)18-7-8-10(15)4-2-5-11(8)17/h1-6H,7,17H2. The predicted octanol–water partition coefficient (Wildman–Crippen LogP) is 3.78. The molecular weight excluding hydrogens is 260 g/mol. The molecule has 0 aromatic heterocycles. The molecular formula is C13H10ClF2NO. The van der Waals surface area contributed by atoms with Crippen molar-refractivity contribution in [3.8, 4) is 5.75 Å². The van der Waals surface area contributed by atoms with Gasteiger partial charge in [-0.05, 0) is 24.3 Å². The molecule has 0 saturated carbocycles. The molecule has 0 fully saturated rings. The first-order valence-electron chi connectivity index (χ1n) is 5.19. The predicted molar refractivity (Wildman–Crippen MR) is 66.6 cm³/mol. The van der Waals surface area contributed by atoms with Gasteiger partial charge in [0.2, 0.25) is 0 Å². The molecule has 0 aliphatic carbocycles. The Morgan fingerprint density at radius 2 is 1.83 bits per heavy atom. The van der Waals surface area contributed by atoms with Gasteiger partial charge in [-0.3, -0.25) is 0 Å². The van der Waals surface area contributed by atoms with Gasteiger partial charge in [0.1, 0.15) is 12.4 Å². The van der Waals surface area contributed by atoms with Gasteiger partial charge in [0.25, 0.3) is 0 Å². The first-order valence-corrected chi connectivity index (χ1v) is 5.57. The normalized spacial score (nSPS) is 10.4. The van der Waals surface area contributed by atoms with Crippen molar-refractivity contribution in [1.82, 2.24) is 0 Å². The van der Waals surface area contributed by atoms with Crippen molar-refractivity contribution in [2.75, 3.05) is 5.73 Å². The molecule has 0 spiro atoms. The quantitative estimate of drug-likeness (QED) is 0.861. The van der Waals surface area contributed by atoms with Gasteiger partial charge in [-0.1, -0.05) is 23.7 Å². The zero-order valence-corrected chi connectivity index (χ0v) is 10.0. The summed E-state index contributed by atoms with van der Waals surface area (Å²) in [7, 11) is 0. The van der Waals surface area contributed by atoms with Crippen LogP contribution in [0.2, 0.25) is 5.02 Å². The first kappa shape index (κ1) is 12.6. The fraction of sp³-hybridized carbons (Fsp3) is 0.0769. The molecule has 0 unspecified atom stereocenters. The number of halogens is 3. The summed E-state index contributed by atoms with van der Waals surface area (Å²) in [6.07, 6.45) is 0. The lowest BCUT2D eigenvalue weighted by Gasteiger charge is -2.10. The largest absolute Gasteiger partial charge is 0.486 e. The van der Waals surface area contributed by atoms with Crippen molar-refractivity contribution in [1.29, 1.82) is 0 Å². The fourth-order valence-corrected chi connectivity index (χ4v) is 1.64. The Morgan fingerprint density at radius 3 is 2.56 bits per heavy atom. The molecule has 94 valence electrons. The number of hydrogen-bond acceptors (Lipinski definition) is 2. The second-order valence-corrected chi connectivity index (χ2v) is 4.06. The minimum Gasteiger partial charge on any atom is -0.486 e. The number of nitrogens with two attached hydrogens (primary N) is 1. The van der Waals surface area contributed by atoms with Crippen LogP contribution in [0.15, 0.2) is 36.4 Å². The van der Waals surface area contributed by atoms with Crippen molar-refractivity contribution < 1.29 is 13.5 Å². The van der Waals surface area contributed by atoms with Crippen molar-refractivity contribution in [2.45, 2.75) is 6.61 Å². The van der Waals surface area contributed by atoms with Gasteiger partial charge in [-0.25, -0.2) is 8.78 Å². The van der Waals surface area contributed by atoms with Gasteiger partial charge in [0.05, 0.1) is 5.02 Å². The highest BCUT2D eigenvalue weighted by atomic mass is 35.5. The molecule has 2 nitrogen and oxygen atoms in total. The van der Waals surface area contributed by atoms with E-state index in [9.17, 15) is 8.78 Å². The number of rotatable bonds is 3. The van der Waals surface area contributed by atoms with E-state index in [1.807, 2.05) is 0 Å². The van der Waals surface area contributed by atoms with Crippen molar-refractivity contribution in [3.05, 3.63) is 58.6 Å². The molecule has 2 rings (SSSR count). The number of benzene rings is 2. The summed E-state index contributed by atoms with van der Waals surface area (Å²) < 4.78 is 32.2. The lowest BCUT2D eigenvalue weighted by Crippen LogP contribution is -2.04. The summed E-state index contributed by atoms with van der Waals surface area (Å²) in [6.45, 7) is -0.157. The highest BCUT2D eigenvalue weighted by molar-refractivity contribution is 6.30. The van der Waals surface area contributed by atoms with Crippen LogP contribution in [-0.2, 0) is 6.61 Å². The third kappa shape index (κ3) is 2.54. The van der Waals surface area contributed by atoms with Crippen LogP contribution >= 0.6 is 11.6 Å². The molecule has 2 aromatic rings. The third-order valence-electron chi connectivity index (χ3n) is 2.44. The molecule has 0 heterocycles. The molecule has 0 bridgehead atoms. The molecule has 0 atom stereocenters. The number of ether oxygens (including phenoxy) is 1. The maximum atomic E-state index is 13.5. The average Bonchev–Trinajstić information content (AvgIpc) is 2.33. The van der Waals surface area contributed by atoms with E-state index in [1.54, 1.807) is 12.1 Å². The Labute approximate surface area is 108 Å². The number of anilines is 1. The van der Waals surface area contributed by atoms with E-state index in [2.05, 4.69) is 0 Å². The maximum Gasteiger partial charge on any atom is 0.183 e. The van der Waals surface area contributed by atoms with E-state index in [-0.39, 0.29) is 28.6 Å². The van der Waals surface area contributed by atoms with Gasteiger partial charge in [-0.15, -0.1) is 0 Å². The minimum atomic E-state index is -0.672. The van der Waals surface area contributed by atoms with E-state index >= 15 is 0 Å². The molecule has 0 saturated heterocycles. The van der Waals surface area contributed by atoms with E-state index in [0.29, 0.717) is 0 Å². The van der Waals surface area contributed by atoms with Crippen LogP contribution in [0.4, 0.5) is 14.5 Å². The first-order chi connectivity index (χ1) is 8.59. The highest BCUT2D eigenvalue weighted by Crippen LogP contribution is 2.26. The summed E-state index contributed by atoms with van der Waals surface area (Å²) in [5.41, 5.74) is 6.07. The van der Waals surface area contributed by atoms with Crippen LogP contribution < -0.4 is 10.5 Å². The van der Waals surface area contributed by atoms with Crippen molar-refractivity contribution in [2.24, 2.45) is 0 Å². The van der Waals surface area contributed by atoms with Crippen LogP contribution in [0.3, 0.4) is 0 Å². The third-order valence-corrected chi connectivity index (χ3v) is 2.74. The van der Waals surface area contributed by atoms with Crippen LogP contribution in [0.25, 0.3) is 0 Å². The second kappa shape index (κ2) is 5.23. The summed E-state index contributed by atoms with van der Waals surface area (Å²) in [5.74, 6) is -1.20. The number of hydrogen-bond donors (Lipinski definition) is 1. The van der Waals surface area contributed by atoms with E-state index in [0.717, 1.165) is 0 Å². The smallest absolute Gasteiger partial charge is 0.183 e. The SMILES string of the molecule is Nc1cccc(F)c1COc1cccc(Cl)c1F. The Balaban J connectivity index is 2.19. The minimum absolute atomic E-state index is 0.0369. The zero-order valence-electron chi connectivity index (χ0n) is 9.29. The van der Waals surface area contributed by atoms with Crippen LogP contribution in [0.1, 0.15) is 5.56 Å². The van der Waals surface area contributed by atoms with Gasteiger partial charge in [0.15, 0.2) is 11.6 Å². The fourth-order valence-electron chi connectivity index (χ4n) is 1.47. The van der Waals surface area contributed by atoms with E-state index < -0.39 is 11.6 Å². The number of nitrogen functional groups attached to an aromatic ring is 1. The second-order valence-electron chi connectivity index (χ2n) is 3.65. The Kier molecular flexibility index (Phi) is 3.67. The van der Waals surface area contributed by atoms with Gasteiger partial charge in [0, 0.05) is 11.3 Å².